The second kappa shape index (κ2) is 29.6. The highest BCUT2D eigenvalue weighted by atomic mass is 16.3. The van der Waals surface area contributed by atoms with Gasteiger partial charge in [-0.1, -0.05) is 279 Å². The number of hydrogen-bond donors (Lipinski definition) is 0. The van der Waals surface area contributed by atoms with Crippen LogP contribution in [-0.2, 0) is 0 Å². The Balaban J connectivity index is 0.000000111. The van der Waals surface area contributed by atoms with E-state index in [2.05, 4.69) is 191 Å². The van der Waals surface area contributed by atoms with Gasteiger partial charge in [-0.05, 0) is 145 Å². The fraction of sp³-hybridized carbons (Fsp3) is 0. The highest BCUT2D eigenvalue weighted by Gasteiger charge is 2.23. The van der Waals surface area contributed by atoms with Crippen LogP contribution in [0.5, 0.6) is 0 Å². The maximum absolute atomic E-state index is 14.2. The summed E-state index contributed by atoms with van der Waals surface area (Å²) in [4.78, 5) is 56.5. The molecule has 0 fully saturated rings. The third-order valence-corrected chi connectivity index (χ3v) is 23.0. The van der Waals surface area contributed by atoms with E-state index in [9.17, 15) is 14.4 Å². The Labute approximate surface area is 690 Å². The summed E-state index contributed by atoms with van der Waals surface area (Å²) in [6.45, 7) is 0. The van der Waals surface area contributed by atoms with Crippen molar-refractivity contribution < 1.29 is 8.83 Å². The molecule has 24 aromatic rings. The summed E-state index contributed by atoms with van der Waals surface area (Å²) in [5, 5.41) is 11.0. The SMILES string of the molecule is O=c1c2ccccc2nc(-c2ccc(-c3cccc4c3oc3ccccc34)cc2)n1-c1ccc(-c2cccc3c2oc2ccccc23)cc1.O=c1c2ccccc2nc(-c2cccc(-n3c4ccccc4c4ccccc43)c2)n1-c1ccccc1.O=c1c2ccccc2nc(-c2ccccc2)n1-c1ccc(-n2c3ccccc3c3ccccc32)cc1. The molecule has 0 bridgehead atoms. The molecule has 0 spiro atoms. The van der Waals surface area contributed by atoms with Gasteiger partial charge in [0.2, 0.25) is 0 Å². The molecule has 7 aromatic heterocycles. The van der Waals surface area contributed by atoms with Gasteiger partial charge in [-0.2, -0.15) is 0 Å². The first-order valence-corrected chi connectivity index (χ1v) is 40.2. The summed E-state index contributed by atoms with van der Waals surface area (Å²) in [5.41, 5.74) is 20.8. The Hall–Kier alpha value is -16.6. The minimum atomic E-state index is -0.121. The number of aromatic nitrogens is 8. The molecule has 0 aliphatic rings. The van der Waals surface area contributed by atoms with Crippen molar-refractivity contribution in [1.29, 1.82) is 0 Å². The van der Waals surface area contributed by atoms with Crippen molar-refractivity contribution in [2.45, 2.75) is 0 Å². The lowest BCUT2D eigenvalue weighted by Gasteiger charge is -2.15. The Bertz CT molecular complexity index is 8270. The van der Waals surface area contributed by atoms with Gasteiger partial charge in [0, 0.05) is 82.3 Å². The maximum atomic E-state index is 14.2. The summed E-state index contributed by atoms with van der Waals surface area (Å²) in [6, 6.07) is 137. The van der Waals surface area contributed by atoms with Crippen molar-refractivity contribution in [3.63, 3.8) is 0 Å². The van der Waals surface area contributed by atoms with Gasteiger partial charge in [0.1, 0.15) is 39.8 Å². The van der Waals surface area contributed by atoms with E-state index in [0.29, 0.717) is 50.2 Å². The quantitative estimate of drug-likeness (QED) is 0.132. The molecule has 13 nitrogen and oxygen atoms in total. The van der Waals surface area contributed by atoms with E-state index in [1.165, 1.54) is 21.5 Å². The molecular weight excluding hydrogens is 1490 g/mol. The second-order valence-electron chi connectivity index (χ2n) is 30.0. The van der Waals surface area contributed by atoms with Crippen LogP contribution in [0.2, 0.25) is 0 Å². The summed E-state index contributed by atoms with van der Waals surface area (Å²) in [5.74, 6) is 1.82. The third-order valence-electron chi connectivity index (χ3n) is 23.0. The predicted octanol–water partition coefficient (Wildman–Crippen LogP) is 25.5. The summed E-state index contributed by atoms with van der Waals surface area (Å²) >= 11 is 0. The lowest BCUT2D eigenvalue weighted by molar-refractivity contribution is 0.669. The molecule has 24 rings (SSSR count). The van der Waals surface area contributed by atoms with Gasteiger partial charge in [0.25, 0.3) is 16.7 Å². The van der Waals surface area contributed by atoms with E-state index in [0.717, 1.165) is 133 Å². The summed E-state index contributed by atoms with van der Waals surface area (Å²) in [7, 11) is 0. The van der Waals surface area contributed by atoms with Crippen LogP contribution in [0.15, 0.2) is 436 Å². The summed E-state index contributed by atoms with van der Waals surface area (Å²) in [6.07, 6.45) is 0. The first kappa shape index (κ1) is 70.9. The molecule has 13 heteroatoms. The molecular formula is C108H68N8O5. The standard InChI is InChI=1S/C44H26N2O3.2C32H21N3O/c47-44-37-11-1-4-16-38(37)45-43(29-21-19-27(20-22-29)31-12-7-14-35-33-9-2-5-17-39(33)48-41(31)35)46(44)30-25-23-28(24-26-30)32-13-8-15-36-34-10-3-6-18-40(34)49-42(32)36;36-32-27-17-4-7-18-28(27)33-31(35(32)23-12-2-1-3-13-23)22-11-10-14-24(21-22)34-29-19-8-5-15-25(29)26-16-6-9-20-30(26)34;36-32-27-14-4-7-15-28(27)33-31(22-10-2-1-3-11-22)35(32)24-20-18-23(19-21-24)34-29-16-8-5-12-25(29)26-13-6-9-17-30(26)34/h1-26H;2*1-21H. The average Bonchev–Trinajstić information content (AvgIpc) is 1.50. The highest BCUT2D eigenvalue weighted by molar-refractivity contribution is 6.13. The molecule has 0 radical (unpaired) electrons. The van der Waals surface area contributed by atoms with Gasteiger partial charge in [-0.15, -0.1) is 0 Å². The van der Waals surface area contributed by atoms with Gasteiger partial charge >= 0.3 is 0 Å². The van der Waals surface area contributed by atoms with E-state index >= 15 is 0 Å². The zero-order valence-electron chi connectivity index (χ0n) is 64.9. The number of rotatable bonds is 10. The lowest BCUT2D eigenvalue weighted by Crippen LogP contribution is -2.22. The number of hydrogen-bond acceptors (Lipinski definition) is 8. The van der Waals surface area contributed by atoms with Gasteiger partial charge in [0.05, 0.1) is 71.8 Å². The first-order valence-electron chi connectivity index (χ1n) is 40.2. The minimum absolute atomic E-state index is 0.0796. The molecule has 121 heavy (non-hydrogen) atoms. The van der Waals surface area contributed by atoms with Gasteiger partial charge in [-0.25, -0.2) is 15.0 Å². The number of nitrogens with zero attached hydrogens (tertiary/aromatic N) is 8. The van der Waals surface area contributed by atoms with Crippen LogP contribution in [0.1, 0.15) is 0 Å². The topological polar surface area (TPSA) is 141 Å². The Morgan fingerprint density at radius 1 is 0.190 bits per heavy atom. The predicted molar refractivity (Wildman–Crippen MR) is 492 cm³/mol. The number of fused-ring (bicyclic) bond motifs is 15. The molecule has 7 heterocycles. The minimum Gasteiger partial charge on any atom is -0.455 e. The van der Waals surface area contributed by atoms with Crippen molar-refractivity contribution in [2.75, 3.05) is 0 Å². The van der Waals surface area contributed by atoms with E-state index < -0.39 is 0 Å². The van der Waals surface area contributed by atoms with Gasteiger partial charge in [0.15, 0.2) is 0 Å². The van der Waals surface area contributed by atoms with Gasteiger partial charge in [-0.3, -0.25) is 28.1 Å². The Morgan fingerprint density at radius 2 is 0.463 bits per heavy atom. The fourth-order valence-corrected chi connectivity index (χ4v) is 17.3. The average molecular weight is 1560 g/mol. The number of benzene rings is 17. The monoisotopic (exact) mass is 1560 g/mol. The largest absolute Gasteiger partial charge is 0.455 e. The van der Waals surface area contributed by atoms with Crippen molar-refractivity contribution >= 4 is 120 Å². The molecule has 17 aromatic carbocycles. The van der Waals surface area contributed by atoms with E-state index in [-0.39, 0.29) is 16.7 Å². The van der Waals surface area contributed by atoms with E-state index in [4.69, 9.17) is 23.8 Å². The van der Waals surface area contributed by atoms with Crippen LogP contribution in [0.25, 0.3) is 205 Å². The molecule has 0 N–H and O–H groups in total. The molecule has 0 aliphatic carbocycles. The van der Waals surface area contributed by atoms with Crippen LogP contribution in [0, 0.1) is 0 Å². The molecule has 0 saturated carbocycles. The smallest absolute Gasteiger partial charge is 0.266 e. The van der Waals surface area contributed by atoms with Crippen molar-refractivity contribution in [2.24, 2.45) is 0 Å². The second-order valence-corrected chi connectivity index (χ2v) is 30.0. The maximum Gasteiger partial charge on any atom is 0.266 e. The Kier molecular flexibility index (Phi) is 17.3. The van der Waals surface area contributed by atoms with Crippen molar-refractivity contribution in [1.82, 2.24) is 37.8 Å². The third kappa shape index (κ3) is 12.3. The van der Waals surface area contributed by atoms with Crippen molar-refractivity contribution in [3.8, 4) is 84.9 Å². The van der Waals surface area contributed by atoms with Crippen LogP contribution in [0.4, 0.5) is 0 Å². The van der Waals surface area contributed by atoms with Gasteiger partial charge < -0.3 is 18.0 Å². The molecule has 0 amide bonds. The fourth-order valence-electron chi connectivity index (χ4n) is 17.3. The molecule has 0 atom stereocenters. The van der Waals surface area contributed by atoms with E-state index in [1.807, 2.05) is 231 Å². The number of furan rings is 2. The normalized spacial score (nSPS) is 11.6. The van der Waals surface area contributed by atoms with Crippen LogP contribution >= 0.6 is 0 Å². The molecule has 0 aliphatic heterocycles. The van der Waals surface area contributed by atoms with Crippen molar-refractivity contribution in [3.05, 3.63) is 444 Å². The van der Waals surface area contributed by atoms with Crippen LogP contribution in [-0.4, -0.2) is 37.8 Å². The highest BCUT2D eigenvalue weighted by Crippen LogP contribution is 2.41. The molecule has 570 valence electrons. The van der Waals surface area contributed by atoms with Crippen LogP contribution in [0.3, 0.4) is 0 Å². The molecule has 0 saturated heterocycles. The van der Waals surface area contributed by atoms with Crippen LogP contribution < -0.4 is 16.7 Å². The first-order chi connectivity index (χ1) is 59.8. The zero-order chi connectivity index (χ0) is 80.6. The molecule has 0 unspecified atom stereocenters. The zero-order valence-corrected chi connectivity index (χ0v) is 64.9. The summed E-state index contributed by atoms with van der Waals surface area (Å²) < 4.78 is 22.3. The Morgan fingerprint density at radius 3 is 0.893 bits per heavy atom. The van der Waals surface area contributed by atoms with E-state index in [1.54, 1.807) is 13.7 Å². The number of para-hydroxylation sites is 12. The lowest BCUT2D eigenvalue weighted by atomic mass is 10.0.